The van der Waals surface area contributed by atoms with E-state index in [9.17, 15) is 9.59 Å². The fourth-order valence-corrected chi connectivity index (χ4v) is 4.05. The Hall–Kier alpha value is -3.09. The van der Waals surface area contributed by atoms with Gasteiger partial charge in [0.05, 0.1) is 18.1 Å². The van der Waals surface area contributed by atoms with Gasteiger partial charge in [0.2, 0.25) is 0 Å². The number of fused-ring (bicyclic) bond motifs is 1. The van der Waals surface area contributed by atoms with Crippen LogP contribution in [0.3, 0.4) is 0 Å². The van der Waals surface area contributed by atoms with Gasteiger partial charge in [-0.15, -0.1) is 0 Å². The van der Waals surface area contributed by atoms with Gasteiger partial charge in [-0.3, -0.25) is 9.13 Å². The van der Waals surface area contributed by atoms with Gasteiger partial charge in [0, 0.05) is 25.8 Å². The van der Waals surface area contributed by atoms with Gasteiger partial charge in [0.1, 0.15) is 0 Å². The summed E-state index contributed by atoms with van der Waals surface area (Å²) in [6.07, 6.45) is 4.35. The molecule has 2 amide bonds. The molecule has 1 aliphatic heterocycles. The summed E-state index contributed by atoms with van der Waals surface area (Å²) >= 11 is 0. The van der Waals surface area contributed by atoms with Gasteiger partial charge >= 0.3 is 11.7 Å². The molecule has 1 atom stereocenters. The van der Waals surface area contributed by atoms with E-state index in [-0.39, 0.29) is 17.8 Å². The Balaban J connectivity index is 1.68. The summed E-state index contributed by atoms with van der Waals surface area (Å²) < 4.78 is 3.57. The van der Waals surface area contributed by atoms with E-state index < -0.39 is 0 Å². The van der Waals surface area contributed by atoms with Crippen molar-refractivity contribution in [1.82, 2.24) is 24.3 Å². The number of amides is 2. The van der Waals surface area contributed by atoms with Crippen LogP contribution in [0.2, 0.25) is 0 Å². The lowest BCUT2D eigenvalue weighted by molar-refractivity contribution is 0.166. The highest BCUT2D eigenvalue weighted by Crippen LogP contribution is 2.24. The fraction of sp³-hybridized carbons (Fsp3) is 0.409. The predicted molar refractivity (Wildman–Crippen MR) is 113 cm³/mol. The number of hydrogen-bond donors (Lipinski definition) is 1. The van der Waals surface area contributed by atoms with E-state index in [1.165, 1.54) is 0 Å². The molecule has 1 aromatic carbocycles. The number of hydrogen-bond acceptors (Lipinski definition) is 3. The molecule has 1 aliphatic rings. The molecular formula is C22H27N5O2. The molecule has 7 nitrogen and oxygen atoms in total. The number of aromatic nitrogens is 3. The van der Waals surface area contributed by atoms with Gasteiger partial charge < -0.3 is 10.2 Å². The van der Waals surface area contributed by atoms with Crippen molar-refractivity contribution in [3.05, 3.63) is 64.7 Å². The van der Waals surface area contributed by atoms with Gasteiger partial charge in [0.15, 0.2) is 5.65 Å². The lowest BCUT2D eigenvalue weighted by Crippen LogP contribution is -2.47. The Labute approximate surface area is 170 Å². The van der Waals surface area contributed by atoms with Crippen LogP contribution in [0.25, 0.3) is 11.2 Å². The molecule has 152 valence electrons. The molecular weight excluding hydrogens is 366 g/mol. The molecule has 3 heterocycles. The average Bonchev–Trinajstić information content (AvgIpc) is 3.04. The quantitative estimate of drug-likeness (QED) is 0.724. The van der Waals surface area contributed by atoms with Crippen LogP contribution >= 0.6 is 0 Å². The maximum absolute atomic E-state index is 13.4. The van der Waals surface area contributed by atoms with Crippen LogP contribution in [0.5, 0.6) is 0 Å². The minimum atomic E-state index is -0.0713. The molecule has 4 rings (SSSR count). The van der Waals surface area contributed by atoms with Crippen LogP contribution < -0.4 is 11.0 Å². The van der Waals surface area contributed by atoms with Crippen molar-refractivity contribution in [3.63, 3.8) is 0 Å². The highest BCUT2D eigenvalue weighted by molar-refractivity contribution is 5.74. The van der Waals surface area contributed by atoms with E-state index >= 15 is 0 Å². The smallest absolute Gasteiger partial charge is 0.330 e. The monoisotopic (exact) mass is 393 g/mol. The Morgan fingerprint density at radius 1 is 1.21 bits per heavy atom. The minimum absolute atomic E-state index is 0.0504. The molecule has 29 heavy (non-hydrogen) atoms. The maximum atomic E-state index is 13.4. The molecule has 0 spiro atoms. The number of pyridine rings is 1. The van der Waals surface area contributed by atoms with E-state index in [2.05, 4.69) is 10.3 Å². The number of rotatable bonds is 5. The largest absolute Gasteiger partial charge is 0.338 e. The second-order valence-corrected chi connectivity index (χ2v) is 7.54. The molecule has 1 N–H and O–H groups in total. The Morgan fingerprint density at radius 2 is 2.03 bits per heavy atom. The average molecular weight is 393 g/mol. The first-order valence-corrected chi connectivity index (χ1v) is 10.3. The first-order valence-electron chi connectivity index (χ1n) is 10.3. The third-order valence-corrected chi connectivity index (χ3v) is 5.48. The van der Waals surface area contributed by atoms with Gasteiger partial charge in [-0.05, 0) is 37.0 Å². The summed E-state index contributed by atoms with van der Waals surface area (Å²) in [4.78, 5) is 32.2. The van der Waals surface area contributed by atoms with Crippen molar-refractivity contribution in [3.8, 4) is 0 Å². The lowest BCUT2D eigenvalue weighted by atomic mass is 10.1. The molecule has 2 aromatic heterocycles. The first kappa shape index (κ1) is 19.2. The van der Waals surface area contributed by atoms with Crippen LogP contribution in [0.1, 0.15) is 37.8 Å². The van der Waals surface area contributed by atoms with Crippen molar-refractivity contribution < 1.29 is 4.79 Å². The number of benzene rings is 1. The number of carbonyl (C=O) groups is 1. The zero-order chi connectivity index (χ0) is 20.2. The van der Waals surface area contributed by atoms with Gasteiger partial charge in [0.25, 0.3) is 0 Å². The number of likely N-dealkylation sites (tertiary alicyclic amines) is 1. The van der Waals surface area contributed by atoms with Crippen molar-refractivity contribution in [2.24, 2.45) is 0 Å². The van der Waals surface area contributed by atoms with Crippen molar-refractivity contribution in [2.45, 2.75) is 38.8 Å². The molecule has 1 saturated heterocycles. The van der Waals surface area contributed by atoms with E-state index in [1.807, 2.05) is 54.3 Å². The Kier molecular flexibility index (Phi) is 5.64. The van der Waals surface area contributed by atoms with Crippen LogP contribution in [-0.4, -0.2) is 44.7 Å². The predicted octanol–water partition coefficient (Wildman–Crippen LogP) is 3.00. The van der Waals surface area contributed by atoms with E-state index in [1.54, 1.807) is 15.3 Å². The fourth-order valence-electron chi connectivity index (χ4n) is 4.05. The Morgan fingerprint density at radius 3 is 2.83 bits per heavy atom. The van der Waals surface area contributed by atoms with Crippen LogP contribution in [-0.2, 0) is 6.54 Å². The third kappa shape index (κ3) is 3.90. The number of nitrogens with one attached hydrogen (secondary N) is 1. The van der Waals surface area contributed by atoms with Crippen LogP contribution in [0, 0.1) is 0 Å². The van der Waals surface area contributed by atoms with Crippen LogP contribution in [0.15, 0.2) is 53.5 Å². The zero-order valence-electron chi connectivity index (χ0n) is 16.8. The van der Waals surface area contributed by atoms with Crippen molar-refractivity contribution in [2.75, 3.05) is 19.6 Å². The second-order valence-electron chi connectivity index (χ2n) is 7.54. The topological polar surface area (TPSA) is 72.2 Å². The number of imidazole rings is 1. The van der Waals surface area contributed by atoms with Gasteiger partial charge in [-0.1, -0.05) is 37.3 Å². The van der Waals surface area contributed by atoms with Crippen molar-refractivity contribution >= 4 is 17.2 Å². The highest BCUT2D eigenvalue weighted by Gasteiger charge is 2.28. The molecule has 0 bridgehead atoms. The normalized spacial score (nSPS) is 16.9. The molecule has 0 aliphatic carbocycles. The number of nitrogens with zero attached hydrogens (tertiary/aromatic N) is 4. The standard InChI is InChI=1S/C22H27N5O2/c1-2-12-24-21(28)25-14-7-10-18(16-25)27-20-19(11-6-13-23-20)26(22(27)29)15-17-8-4-3-5-9-17/h3-6,8-9,11,13,18H,2,7,10,12,14-16H2,1H3,(H,24,28)/t18-/m0/s1. The third-order valence-electron chi connectivity index (χ3n) is 5.48. The second kappa shape index (κ2) is 8.51. The number of carbonyl (C=O) groups excluding carboxylic acids is 1. The maximum Gasteiger partial charge on any atom is 0.330 e. The highest BCUT2D eigenvalue weighted by atomic mass is 16.2. The summed E-state index contributed by atoms with van der Waals surface area (Å²) in [5.74, 6) is 0. The molecule has 3 aromatic rings. The SMILES string of the molecule is CCCNC(=O)N1CCC[C@H](n2c(=O)n(Cc3ccccc3)c3cccnc32)C1. The molecule has 0 unspecified atom stereocenters. The summed E-state index contributed by atoms with van der Waals surface area (Å²) in [6, 6.07) is 13.6. The number of urea groups is 1. The lowest BCUT2D eigenvalue weighted by Gasteiger charge is -2.33. The molecule has 7 heteroatoms. The summed E-state index contributed by atoms with van der Waals surface area (Å²) in [6.45, 7) is 4.44. The van der Waals surface area contributed by atoms with Crippen LogP contribution in [0.4, 0.5) is 4.79 Å². The van der Waals surface area contributed by atoms with E-state index in [0.717, 1.165) is 36.9 Å². The van der Waals surface area contributed by atoms with Gasteiger partial charge in [-0.2, -0.15) is 0 Å². The first-order chi connectivity index (χ1) is 14.2. The number of piperidine rings is 1. The molecule has 0 saturated carbocycles. The van der Waals surface area contributed by atoms with Crippen molar-refractivity contribution in [1.29, 1.82) is 0 Å². The molecule has 1 fully saturated rings. The summed E-state index contributed by atoms with van der Waals surface area (Å²) in [7, 11) is 0. The minimum Gasteiger partial charge on any atom is -0.338 e. The molecule has 0 radical (unpaired) electrons. The Bertz CT molecular complexity index is 1040. The summed E-state index contributed by atoms with van der Waals surface area (Å²) in [5.41, 5.74) is 2.52. The summed E-state index contributed by atoms with van der Waals surface area (Å²) in [5, 5.41) is 2.94. The zero-order valence-corrected chi connectivity index (χ0v) is 16.8. The van der Waals surface area contributed by atoms with E-state index in [4.69, 9.17) is 0 Å². The van der Waals surface area contributed by atoms with E-state index in [0.29, 0.717) is 25.3 Å². The van der Waals surface area contributed by atoms with Gasteiger partial charge in [-0.25, -0.2) is 14.6 Å².